The number of ether oxygens (including phenoxy) is 2. The minimum absolute atomic E-state index is 0. The van der Waals surface area contributed by atoms with Crippen LogP contribution in [0.5, 0.6) is 0 Å². The molecule has 0 saturated carbocycles. The Morgan fingerprint density at radius 2 is 1.02 bits per heavy atom. The minimum Gasteiger partial charge on any atom is -0.394 e. The molecule has 7 atom stereocenters. The molecule has 18 nitrogen and oxygen atoms in total. The summed E-state index contributed by atoms with van der Waals surface area (Å²) in [5, 5.41) is 16.8. The van der Waals surface area contributed by atoms with Crippen molar-refractivity contribution in [3.05, 3.63) is 0 Å². The maximum absolute atomic E-state index is 11.4. The van der Waals surface area contributed by atoms with Gasteiger partial charge in [-0.25, -0.2) is 0 Å². The van der Waals surface area contributed by atoms with Crippen LogP contribution in [0.15, 0.2) is 0 Å². The summed E-state index contributed by atoms with van der Waals surface area (Å²) in [7, 11) is -15.2. The summed E-state index contributed by atoms with van der Waals surface area (Å²) in [6, 6.07) is 0. The molecule has 0 radical (unpaired) electrons. The Bertz CT molecular complexity index is 1100. The first kappa shape index (κ1) is 98.0. The molecule has 0 amide bonds. The summed E-state index contributed by atoms with van der Waals surface area (Å²) < 4.78 is 109. The van der Waals surface area contributed by atoms with Crippen molar-refractivity contribution in [3.8, 4) is 0 Å². The molecule has 0 aromatic rings. The van der Waals surface area contributed by atoms with Gasteiger partial charge in [0.15, 0.2) is 15.8 Å². The molecule has 0 aliphatic rings. The second kappa shape index (κ2) is 60.1. The highest BCUT2D eigenvalue weighted by molar-refractivity contribution is 7.63. The third-order valence-corrected chi connectivity index (χ3v) is 13.5. The molecule has 0 aromatic heterocycles. The first-order chi connectivity index (χ1) is 22.7. The molecule has 0 bridgehead atoms. The molecule has 370 valence electrons. The lowest BCUT2D eigenvalue weighted by molar-refractivity contribution is 0.177. The van der Waals surface area contributed by atoms with Crippen LogP contribution in [-0.4, -0.2) is 145 Å². The largest absolute Gasteiger partial charge is 0.394 e. The minimum atomic E-state index is -2.86. The van der Waals surface area contributed by atoms with E-state index >= 15 is 0 Å². The van der Waals surface area contributed by atoms with Crippen molar-refractivity contribution in [2.24, 2.45) is 11.5 Å². The van der Waals surface area contributed by atoms with E-state index in [1.165, 1.54) is 33.3 Å². The molecule has 7 unspecified atom stereocenters. The monoisotopic (exact) mass is 1010 g/mol. The summed E-state index contributed by atoms with van der Waals surface area (Å²) in [4.78, 5) is 8.38. The average Bonchev–Trinajstić information content (AvgIpc) is 2.99. The predicted octanol–water partition coefficient (Wildman–Crippen LogP) is 11.6. The smallest absolute Gasteiger partial charge is 0.364 e. The lowest BCUT2D eigenvalue weighted by Crippen LogP contribution is -2.06. The molecule has 7 N–H and O–H groups in total. The summed E-state index contributed by atoms with van der Waals surface area (Å²) in [6.07, 6.45) is 2.49. The van der Waals surface area contributed by atoms with Crippen molar-refractivity contribution in [3.63, 3.8) is 0 Å². The number of hydrogen-bond acceptors (Lipinski definition) is 17. The molecule has 0 aliphatic carbocycles. The van der Waals surface area contributed by atoms with Gasteiger partial charge in [-0.05, 0) is 13.1 Å². The number of aliphatic hydroxyl groups is 2. The van der Waals surface area contributed by atoms with Crippen LogP contribution in [0.2, 0.25) is 0 Å². The zero-order valence-electron chi connectivity index (χ0n) is 31.6. The Morgan fingerprint density at radius 3 is 1.26 bits per heavy atom. The molecule has 0 aromatic carbocycles. The fourth-order valence-electron chi connectivity index (χ4n) is 1.88. The van der Waals surface area contributed by atoms with Crippen molar-refractivity contribution < 1.29 is 74.7 Å². The Kier molecular flexibility index (Phi) is 102. The number of rotatable bonds is 20. The van der Waals surface area contributed by atoms with Crippen molar-refractivity contribution in [2.45, 2.75) is 86.6 Å². The maximum atomic E-state index is 11.4. The van der Waals surface area contributed by atoms with Crippen LogP contribution in [0.4, 0.5) is 0 Å². The highest BCUT2D eigenvalue weighted by Crippen LogP contribution is 2.44. The van der Waals surface area contributed by atoms with E-state index in [9.17, 15) is 32.0 Å². The second-order valence-corrected chi connectivity index (χ2v) is 27.9. The molecule has 0 aliphatic heterocycles. The first-order valence-corrected chi connectivity index (χ1v) is 31.5. The summed E-state index contributed by atoms with van der Waals surface area (Å²) in [5.74, 6) is 0. The van der Waals surface area contributed by atoms with Gasteiger partial charge < -0.3 is 49.7 Å². The van der Waals surface area contributed by atoms with Gasteiger partial charge in [0.1, 0.15) is 46.2 Å². The topological polar surface area (TPSA) is 295 Å². The van der Waals surface area contributed by atoms with Crippen molar-refractivity contribution in [1.29, 1.82) is 0 Å². The average molecular weight is 1010 g/mol. The summed E-state index contributed by atoms with van der Waals surface area (Å²) in [6.45, 7) is 17.6. The van der Waals surface area contributed by atoms with Gasteiger partial charge in [0.2, 0.25) is 34.8 Å². The fraction of sp³-hybridized carbons (Fsp3) is 1.00. The van der Waals surface area contributed by atoms with Gasteiger partial charge in [-0.15, -0.1) is 0 Å². The molecule has 0 saturated heterocycles. The molecule has 0 fully saturated rings. The molecule has 0 spiro atoms. The van der Waals surface area contributed by atoms with Crippen LogP contribution in [-0.2, 0) is 59.6 Å². The van der Waals surface area contributed by atoms with Gasteiger partial charge in [-0.3, -0.25) is 27.3 Å². The van der Waals surface area contributed by atoms with E-state index in [4.69, 9.17) is 49.7 Å². The van der Waals surface area contributed by atoms with Crippen molar-refractivity contribution in [2.75, 3.05) is 130 Å². The third kappa shape index (κ3) is 106. The van der Waals surface area contributed by atoms with Gasteiger partial charge >= 0.3 is 15.6 Å². The van der Waals surface area contributed by atoms with Crippen molar-refractivity contribution in [1.82, 2.24) is 0 Å². The number of hydrogen-bond donors (Lipinski definition) is 5. The van der Waals surface area contributed by atoms with Gasteiger partial charge in [0, 0.05) is 51.8 Å². The fourth-order valence-corrected chi connectivity index (χ4v) is 7.11. The highest BCUT2D eigenvalue weighted by Gasteiger charge is 2.19. The standard InChI is InChI=1S/C6H16NO2P.C6H15O5P2.C4H12NO2P.C4H11O4P2.C3H9O2P.CH3OP.8CH4/c1-3-4-10(2,8)6-9-5-7;1-12(8)5-10-6-13(2,9)11-4-3-7;1-3-8(2,6)7-4-5;1-9(6)4-8-10(2,7)3-5;1-3-6(2,4)5;1-3-2;;;;;;;;/h3-7H2,1-2H3;7H,3-6H2,1-2H3;3-5H2,1-2H3;5H,3-4H2,1-2H3;3H2,1-2H3,(H,4,5);1H3;8*1H4/q;+1;;+1;;;;;;;;;;. The Labute approximate surface area is 362 Å². The van der Waals surface area contributed by atoms with Gasteiger partial charge in [-0.1, -0.05) is 89.3 Å². The van der Waals surface area contributed by atoms with Gasteiger partial charge in [0.25, 0.3) is 0 Å². The molecule has 0 rings (SSSR count). The van der Waals surface area contributed by atoms with E-state index in [2.05, 4.69) is 4.52 Å². The lowest BCUT2D eigenvalue weighted by atomic mass is 10.6. The Hall–Kier alpha value is 1.05. The summed E-state index contributed by atoms with van der Waals surface area (Å²) in [5.41, 5.74) is 10.1. The number of aliphatic hydroxyl groups excluding tert-OH is 2. The van der Waals surface area contributed by atoms with Crippen LogP contribution < -0.4 is 11.5 Å². The molecular formula is C32H98N2O16P8+2. The predicted molar refractivity (Wildman–Crippen MR) is 263 cm³/mol. The van der Waals surface area contributed by atoms with E-state index in [0.717, 1.165) is 12.6 Å². The summed E-state index contributed by atoms with van der Waals surface area (Å²) >= 11 is 0. The van der Waals surface area contributed by atoms with E-state index in [-0.39, 0.29) is 114 Å². The van der Waals surface area contributed by atoms with Crippen LogP contribution in [0, 0.1) is 0 Å². The number of nitrogens with two attached hydrogens (primary N) is 2. The highest BCUT2D eigenvalue weighted by atomic mass is 31.2. The lowest BCUT2D eigenvalue weighted by Gasteiger charge is -2.11. The quantitative estimate of drug-likeness (QED) is 0.0559. The second-order valence-electron chi connectivity index (χ2n) is 10.4. The molecular weight excluding hydrogens is 916 g/mol. The third-order valence-electron chi connectivity index (χ3n) is 4.51. The first-order valence-electron chi connectivity index (χ1n) is 14.9. The molecule has 58 heavy (non-hydrogen) atoms. The zero-order chi connectivity index (χ0) is 41.1. The van der Waals surface area contributed by atoms with Crippen LogP contribution >= 0.6 is 60.7 Å². The maximum Gasteiger partial charge on any atom is 0.364 e. The van der Waals surface area contributed by atoms with Crippen LogP contribution in [0.3, 0.4) is 0 Å². The van der Waals surface area contributed by atoms with E-state index < -0.39 is 58.6 Å². The SMILES string of the molecule is C.C.C.C.C.C.C.C.CCCP(C)(=O)COCN.CCP(C)(=O)O.CCP(C)(=O)OCN.CP=O.C[P+](=O)COCP(C)(=O)OCCO.C[P+](=O)COP(C)(=O)CO. The van der Waals surface area contributed by atoms with Gasteiger partial charge in [0.05, 0.1) is 19.9 Å². The van der Waals surface area contributed by atoms with Crippen LogP contribution in [0.25, 0.3) is 0 Å². The molecule has 0 heterocycles. The molecule has 26 heteroatoms. The van der Waals surface area contributed by atoms with E-state index in [1.54, 1.807) is 26.9 Å². The van der Waals surface area contributed by atoms with E-state index in [1.807, 2.05) is 13.8 Å². The van der Waals surface area contributed by atoms with E-state index in [0.29, 0.717) is 18.7 Å². The Balaban J connectivity index is -0.0000000335. The van der Waals surface area contributed by atoms with Crippen molar-refractivity contribution >= 4 is 60.7 Å². The van der Waals surface area contributed by atoms with Gasteiger partial charge in [-0.2, -0.15) is 0 Å². The Morgan fingerprint density at radius 1 is 0.621 bits per heavy atom. The normalized spacial score (nSPS) is 14.6. The van der Waals surface area contributed by atoms with Crippen LogP contribution in [0.1, 0.15) is 86.6 Å². The zero-order valence-corrected chi connectivity index (χ0v) is 38.7.